The van der Waals surface area contributed by atoms with Gasteiger partial charge in [-0.1, -0.05) is 12.1 Å². The highest BCUT2D eigenvalue weighted by Gasteiger charge is 2.03. The minimum atomic E-state index is -0.295. The predicted molar refractivity (Wildman–Crippen MR) is 107 cm³/mol. The standard InChI is InChI=1S/C22H19N3O3/c1-27-19-8-4-17(5-9-19)15-24-22(26)25-18-6-12-21(13-7-18)28-20-10-2-16(14-23)3-11-20/h2-13H,15H2,1H3,(H2,24,25,26). The normalized spacial score (nSPS) is 9.86. The summed E-state index contributed by atoms with van der Waals surface area (Å²) in [5.41, 5.74) is 2.20. The molecular formula is C22H19N3O3. The summed E-state index contributed by atoms with van der Waals surface area (Å²) in [5, 5.41) is 14.4. The van der Waals surface area contributed by atoms with Gasteiger partial charge in [-0.25, -0.2) is 4.79 Å². The lowest BCUT2D eigenvalue weighted by Crippen LogP contribution is -2.28. The molecule has 0 aliphatic heterocycles. The van der Waals surface area contributed by atoms with Crippen LogP contribution in [0.1, 0.15) is 11.1 Å². The number of nitrogens with zero attached hydrogens (tertiary/aromatic N) is 1. The van der Waals surface area contributed by atoms with Gasteiger partial charge < -0.3 is 20.1 Å². The number of nitriles is 1. The molecule has 0 radical (unpaired) electrons. The lowest BCUT2D eigenvalue weighted by atomic mass is 10.2. The average Bonchev–Trinajstić information content (AvgIpc) is 2.74. The summed E-state index contributed by atoms with van der Waals surface area (Å²) in [4.78, 5) is 12.0. The Hall–Kier alpha value is -3.98. The minimum absolute atomic E-state index is 0.295. The van der Waals surface area contributed by atoms with E-state index in [1.54, 1.807) is 55.6 Å². The zero-order chi connectivity index (χ0) is 19.8. The highest BCUT2D eigenvalue weighted by Crippen LogP contribution is 2.23. The minimum Gasteiger partial charge on any atom is -0.497 e. The average molecular weight is 373 g/mol. The van der Waals surface area contributed by atoms with Crippen LogP contribution in [0.15, 0.2) is 72.8 Å². The van der Waals surface area contributed by atoms with Crippen LogP contribution in [0.3, 0.4) is 0 Å². The van der Waals surface area contributed by atoms with Crippen LogP contribution in [-0.2, 0) is 6.54 Å². The molecule has 0 atom stereocenters. The van der Waals surface area contributed by atoms with Crippen molar-refractivity contribution in [1.82, 2.24) is 5.32 Å². The second-order valence-electron chi connectivity index (χ2n) is 5.92. The van der Waals surface area contributed by atoms with Gasteiger partial charge in [0.1, 0.15) is 17.2 Å². The molecule has 0 aromatic heterocycles. The molecule has 3 aromatic carbocycles. The summed E-state index contributed by atoms with van der Waals surface area (Å²) in [6.07, 6.45) is 0. The van der Waals surface area contributed by atoms with Gasteiger partial charge in [0.15, 0.2) is 0 Å². The molecule has 6 nitrogen and oxygen atoms in total. The van der Waals surface area contributed by atoms with Crippen molar-refractivity contribution < 1.29 is 14.3 Å². The first-order valence-corrected chi connectivity index (χ1v) is 8.62. The van der Waals surface area contributed by atoms with E-state index in [0.29, 0.717) is 29.3 Å². The molecule has 0 spiro atoms. The molecule has 0 fully saturated rings. The van der Waals surface area contributed by atoms with E-state index in [1.165, 1.54) is 0 Å². The lowest BCUT2D eigenvalue weighted by molar-refractivity contribution is 0.251. The van der Waals surface area contributed by atoms with E-state index in [2.05, 4.69) is 16.7 Å². The van der Waals surface area contributed by atoms with E-state index in [4.69, 9.17) is 14.7 Å². The zero-order valence-corrected chi connectivity index (χ0v) is 15.3. The Kier molecular flexibility index (Phi) is 6.11. The van der Waals surface area contributed by atoms with Gasteiger partial charge in [0.05, 0.1) is 18.7 Å². The Labute approximate surface area is 163 Å². The number of benzene rings is 3. The van der Waals surface area contributed by atoms with Crippen molar-refractivity contribution in [1.29, 1.82) is 5.26 Å². The van der Waals surface area contributed by atoms with Crippen molar-refractivity contribution >= 4 is 11.7 Å². The van der Waals surface area contributed by atoms with Gasteiger partial charge in [-0.2, -0.15) is 5.26 Å². The Balaban J connectivity index is 1.50. The first kappa shape index (κ1) is 18.8. The van der Waals surface area contributed by atoms with Gasteiger partial charge in [-0.05, 0) is 66.2 Å². The van der Waals surface area contributed by atoms with Crippen molar-refractivity contribution in [3.8, 4) is 23.3 Å². The third-order valence-corrected chi connectivity index (χ3v) is 3.94. The van der Waals surface area contributed by atoms with Gasteiger partial charge in [0, 0.05) is 12.2 Å². The summed E-state index contributed by atoms with van der Waals surface area (Å²) in [7, 11) is 1.61. The molecule has 0 heterocycles. The van der Waals surface area contributed by atoms with E-state index in [1.807, 2.05) is 24.3 Å². The van der Waals surface area contributed by atoms with Crippen LogP contribution < -0.4 is 20.1 Å². The molecule has 2 amide bonds. The van der Waals surface area contributed by atoms with Crippen LogP contribution in [0.5, 0.6) is 17.2 Å². The maximum Gasteiger partial charge on any atom is 0.319 e. The van der Waals surface area contributed by atoms with Crippen LogP contribution in [-0.4, -0.2) is 13.1 Å². The van der Waals surface area contributed by atoms with Crippen LogP contribution in [0.4, 0.5) is 10.5 Å². The highest BCUT2D eigenvalue weighted by atomic mass is 16.5. The largest absolute Gasteiger partial charge is 0.497 e. The fourth-order valence-electron chi connectivity index (χ4n) is 2.44. The molecule has 0 bridgehead atoms. The Bertz CT molecular complexity index is 960. The Morgan fingerprint density at radius 3 is 2.04 bits per heavy atom. The zero-order valence-electron chi connectivity index (χ0n) is 15.3. The molecule has 0 saturated carbocycles. The SMILES string of the molecule is COc1ccc(CNC(=O)Nc2ccc(Oc3ccc(C#N)cc3)cc2)cc1. The van der Waals surface area contributed by atoms with Crippen molar-refractivity contribution in [3.63, 3.8) is 0 Å². The smallest absolute Gasteiger partial charge is 0.319 e. The quantitative estimate of drug-likeness (QED) is 0.657. The van der Waals surface area contributed by atoms with Crippen LogP contribution in [0.25, 0.3) is 0 Å². The monoisotopic (exact) mass is 373 g/mol. The number of anilines is 1. The second kappa shape index (κ2) is 9.10. The summed E-state index contributed by atoms with van der Waals surface area (Å²) < 4.78 is 10.8. The van der Waals surface area contributed by atoms with Crippen LogP contribution >= 0.6 is 0 Å². The Morgan fingerprint density at radius 1 is 0.893 bits per heavy atom. The number of amides is 2. The van der Waals surface area contributed by atoms with E-state index in [9.17, 15) is 4.79 Å². The number of nitrogens with one attached hydrogen (secondary N) is 2. The van der Waals surface area contributed by atoms with Gasteiger partial charge in [0.2, 0.25) is 0 Å². The number of carbonyl (C=O) groups is 1. The first-order chi connectivity index (χ1) is 13.7. The molecule has 3 aromatic rings. The summed E-state index contributed by atoms with van der Waals surface area (Å²) in [6, 6.07) is 23.1. The van der Waals surface area contributed by atoms with Gasteiger partial charge in [0.25, 0.3) is 0 Å². The maximum atomic E-state index is 12.0. The van der Waals surface area contributed by atoms with Crippen molar-refractivity contribution in [3.05, 3.63) is 83.9 Å². The summed E-state index contributed by atoms with van der Waals surface area (Å²) >= 11 is 0. The maximum absolute atomic E-state index is 12.0. The molecule has 6 heteroatoms. The van der Waals surface area contributed by atoms with Crippen molar-refractivity contribution in [2.75, 3.05) is 12.4 Å². The topological polar surface area (TPSA) is 83.4 Å². The van der Waals surface area contributed by atoms with Crippen LogP contribution in [0.2, 0.25) is 0 Å². The van der Waals surface area contributed by atoms with Crippen molar-refractivity contribution in [2.24, 2.45) is 0 Å². The molecule has 140 valence electrons. The van der Waals surface area contributed by atoms with Crippen LogP contribution in [0, 0.1) is 11.3 Å². The molecular weight excluding hydrogens is 354 g/mol. The van der Waals surface area contributed by atoms with E-state index in [0.717, 1.165) is 11.3 Å². The fraction of sp³-hybridized carbons (Fsp3) is 0.0909. The van der Waals surface area contributed by atoms with Gasteiger partial charge >= 0.3 is 6.03 Å². The molecule has 2 N–H and O–H groups in total. The van der Waals surface area contributed by atoms with Gasteiger partial charge in [-0.15, -0.1) is 0 Å². The molecule has 0 aliphatic carbocycles. The molecule has 28 heavy (non-hydrogen) atoms. The van der Waals surface area contributed by atoms with Gasteiger partial charge in [-0.3, -0.25) is 0 Å². The number of carbonyl (C=O) groups excluding carboxylic acids is 1. The highest BCUT2D eigenvalue weighted by molar-refractivity contribution is 5.89. The van der Waals surface area contributed by atoms with E-state index in [-0.39, 0.29) is 6.03 Å². The second-order valence-corrected chi connectivity index (χ2v) is 5.92. The van der Waals surface area contributed by atoms with E-state index >= 15 is 0 Å². The Morgan fingerprint density at radius 2 is 1.46 bits per heavy atom. The number of urea groups is 1. The molecule has 0 unspecified atom stereocenters. The predicted octanol–water partition coefficient (Wildman–Crippen LogP) is 4.68. The number of methoxy groups -OCH3 is 1. The summed E-state index contributed by atoms with van der Waals surface area (Å²) in [5.74, 6) is 2.04. The molecule has 0 saturated heterocycles. The number of hydrogen-bond acceptors (Lipinski definition) is 4. The number of hydrogen-bond donors (Lipinski definition) is 2. The molecule has 3 rings (SSSR count). The van der Waals surface area contributed by atoms with Crippen molar-refractivity contribution in [2.45, 2.75) is 6.54 Å². The summed E-state index contributed by atoms with van der Waals surface area (Å²) in [6.45, 7) is 0.412. The molecule has 0 aliphatic rings. The first-order valence-electron chi connectivity index (χ1n) is 8.62. The lowest BCUT2D eigenvalue weighted by Gasteiger charge is -2.10. The number of ether oxygens (including phenoxy) is 2. The third kappa shape index (κ3) is 5.26. The third-order valence-electron chi connectivity index (χ3n) is 3.94. The number of rotatable bonds is 6. The van der Waals surface area contributed by atoms with E-state index < -0.39 is 0 Å². The fourth-order valence-corrected chi connectivity index (χ4v) is 2.44.